The van der Waals surface area contributed by atoms with Crippen molar-refractivity contribution < 1.29 is 32.2 Å². The molecule has 1 atom stereocenters. The van der Waals surface area contributed by atoms with E-state index in [1.807, 2.05) is 0 Å². The number of ketones is 1. The van der Waals surface area contributed by atoms with Gasteiger partial charge in [-0.3, -0.25) is 4.79 Å². The van der Waals surface area contributed by atoms with Gasteiger partial charge in [0.2, 0.25) is 0 Å². The molecule has 8 heteroatoms. The van der Waals surface area contributed by atoms with Gasteiger partial charge in [0.05, 0.1) is 29.5 Å². The summed E-state index contributed by atoms with van der Waals surface area (Å²) in [5.74, 6) is -2.01. The molecule has 37 heavy (non-hydrogen) atoms. The predicted molar refractivity (Wildman–Crippen MR) is 132 cm³/mol. The third-order valence-corrected chi connectivity index (χ3v) is 5.88. The van der Waals surface area contributed by atoms with Gasteiger partial charge in [0.25, 0.3) is 0 Å². The van der Waals surface area contributed by atoms with E-state index in [-0.39, 0.29) is 34.8 Å². The molecule has 0 spiro atoms. The lowest BCUT2D eigenvalue weighted by atomic mass is 9.78. The number of alkyl halides is 3. The summed E-state index contributed by atoms with van der Waals surface area (Å²) in [5, 5.41) is 3.11. The Hall–Kier alpha value is -4.33. The van der Waals surface area contributed by atoms with Gasteiger partial charge in [-0.25, -0.2) is 4.79 Å². The Bertz CT molecular complexity index is 1360. The molecule has 3 aromatic rings. The molecule has 5 nitrogen and oxygen atoms in total. The number of carbonyl (C=O) groups excluding carboxylic acids is 2. The summed E-state index contributed by atoms with van der Waals surface area (Å²) in [6.45, 7) is 3.16. The van der Waals surface area contributed by atoms with Crippen molar-refractivity contribution in [3.63, 3.8) is 0 Å². The van der Waals surface area contributed by atoms with E-state index in [1.54, 1.807) is 74.5 Å². The lowest BCUT2D eigenvalue weighted by molar-refractivity contribution is -0.138. The fourth-order valence-corrected chi connectivity index (χ4v) is 4.31. The highest BCUT2D eigenvalue weighted by molar-refractivity contribution is 6.15. The molecule has 190 valence electrons. The van der Waals surface area contributed by atoms with Crippen LogP contribution in [0, 0.1) is 0 Å². The molecule has 3 aromatic carbocycles. The fourth-order valence-electron chi connectivity index (χ4n) is 4.31. The summed E-state index contributed by atoms with van der Waals surface area (Å²) in [6.07, 6.45) is -5.80. The number of carbonyl (C=O) groups is 2. The molecule has 4 rings (SSSR count). The van der Waals surface area contributed by atoms with E-state index in [0.717, 1.165) is 6.07 Å². The number of rotatable bonds is 6. The second kappa shape index (κ2) is 10.7. The highest BCUT2D eigenvalue weighted by Crippen LogP contribution is 2.46. The second-order valence-electron chi connectivity index (χ2n) is 8.27. The molecule has 1 heterocycles. The first-order valence-electron chi connectivity index (χ1n) is 11.6. The van der Waals surface area contributed by atoms with Crippen molar-refractivity contribution in [2.75, 3.05) is 6.61 Å². The van der Waals surface area contributed by atoms with E-state index in [1.165, 1.54) is 18.2 Å². The summed E-state index contributed by atoms with van der Waals surface area (Å²) in [6, 6.07) is 22.0. The van der Waals surface area contributed by atoms with E-state index >= 15 is 0 Å². The Kier molecular flexibility index (Phi) is 7.47. The van der Waals surface area contributed by atoms with Crippen molar-refractivity contribution in [1.29, 1.82) is 0 Å². The van der Waals surface area contributed by atoms with Crippen LogP contribution in [0.5, 0.6) is 0 Å². The van der Waals surface area contributed by atoms with Gasteiger partial charge in [-0.15, -0.1) is 0 Å². The molecule has 1 unspecified atom stereocenters. The average Bonchev–Trinajstić information content (AvgIpc) is 2.89. The maximum absolute atomic E-state index is 14.2. The Labute approximate surface area is 212 Å². The van der Waals surface area contributed by atoms with Crippen LogP contribution in [0.15, 0.2) is 102 Å². The number of Topliss-reactive ketones (excluding diaryl/α,β-unsaturated/α-hetero) is 1. The van der Waals surface area contributed by atoms with E-state index in [9.17, 15) is 22.8 Å². The lowest BCUT2D eigenvalue weighted by Crippen LogP contribution is -2.31. The number of nitrogens with one attached hydrogen (secondary N) is 1. The molecule has 0 amide bonds. The maximum atomic E-state index is 14.2. The van der Waals surface area contributed by atoms with Gasteiger partial charge in [-0.1, -0.05) is 78.9 Å². The van der Waals surface area contributed by atoms with Crippen LogP contribution in [-0.4, -0.2) is 18.5 Å². The Morgan fingerprint density at radius 2 is 1.49 bits per heavy atom. The first-order valence-corrected chi connectivity index (χ1v) is 11.6. The van der Waals surface area contributed by atoms with Crippen LogP contribution in [0.3, 0.4) is 0 Å². The van der Waals surface area contributed by atoms with E-state index in [4.69, 9.17) is 9.47 Å². The smallest absolute Gasteiger partial charge is 0.434 e. The van der Waals surface area contributed by atoms with E-state index < -0.39 is 29.6 Å². The van der Waals surface area contributed by atoms with Crippen molar-refractivity contribution in [1.82, 2.24) is 5.32 Å². The lowest BCUT2D eigenvalue weighted by Gasteiger charge is -2.33. The van der Waals surface area contributed by atoms with Crippen LogP contribution in [0.4, 0.5) is 18.0 Å². The number of ether oxygens (including phenoxy) is 2. The number of hydrogen-bond donors (Lipinski definition) is 1. The highest BCUT2D eigenvalue weighted by atomic mass is 19.4. The van der Waals surface area contributed by atoms with Crippen molar-refractivity contribution >= 4 is 17.6 Å². The topological polar surface area (TPSA) is 64.6 Å². The summed E-state index contributed by atoms with van der Waals surface area (Å²) in [4.78, 5) is 26.4. The SMILES string of the molecule is CCOC(=O)OC1=C(C)NC(c2ccccc2)=C(C(=O)c2ccccc2)C1c1ccccc1C(F)(F)F. The molecular weight excluding hydrogens is 483 g/mol. The summed E-state index contributed by atoms with van der Waals surface area (Å²) >= 11 is 0. The third-order valence-electron chi connectivity index (χ3n) is 5.88. The zero-order valence-electron chi connectivity index (χ0n) is 20.1. The van der Waals surface area contributed by atoms with Crippen LogP contribution in [-0.2, 0) is 15.7 Å². The molecule has 0 fully saturated rings. The van der Waals surface area contributed by atoms with Gasteiger partial charge in [0.1, 0.15) is 5.76 Å². The second-order valence-corrected chi connectivity index (χ2v) is 8.27. The number of halogens is 3. The molecule has 0 aliphatic carbocycles. The summed E-state index contributed by atoms with van der Waals surface area (Å²) in [7, 11) is 0. The monoisotopic (exact) mass is 507 g/mol. The molecular formula is C29H24F3NO4. The van der Waals surface area contributed by atoms with Gasteiger partial charge >= 0.3 is 12.3 Å². The minimum absolute atomic E-state index is 0.00328. The van der Waals surface area contributed by atoms with Gasteiger partial charge in [0, 0.05) is 11.1 Å². The van der Waals surface area contributed by atoms with Crippen LogP contribution in [0.1, 0.15) is 46.8 Å². The highest BCUT2D eigenvalue weighted by Gasteiger charge is 2.43. The van der Waals surface area contributed by atoms with E-state index in [2.05, 4.69) is 5.32 Å². The van der Waals surface area contributed by atoms with Crippen LogP contribution in [0.25, 0.3) is 5.70 Å². The molecule has 0 bridgehead atoms. The normalized spacial score (nSPS) is 15.8. The zero-order chi connectivity index (χ0) is 26.6. The largest absolute Gasteiger partial charge is 0.513 e. The van der Waals surface area contributed by atoms with Crippen molar-refractivity contribution in [3.8, 4) is 0 Å². The van der Waals surface area contributed by atoms with Gasteiger partial charge < -0.3 is 14.8 Å². The number of hydrogen-bond acceptors (Lipinski definition) is 5. The van der Waals surface area contributed by atoms with Crippen molar-refractivity contribution in [2.45, 2.75) is 25.9 Å². The molecule has 1 aliphatic heterocycles. The minimum Gasteiger partial charge on any atom is -0.434 e. The molecule has 0 radical (unpaired) electrons. The Morgan fingerprint density at radius 1 is 0.892 bits per heavy atom. The van der Waals surface area contributed by atoms with Crippen LogP contribution >= 0.6 is 0 Å². The Balaban J connectivity index is 2.04. The number of benzene rings is 3. The zero-order valence-corrected chi connectivity index (χ0v) is 20.1. The summed E-state index contributed by atoms with van der Waals surface area (Å²) in [5.41, 5.74) is 0.319. The molecule has 0 saturated carbocycles. The molecule has 1 aliphatic rings. The first kappa shape index (κ1) is 25.8. The van der Waals surface area contributed by atoms with Crippen molar-refractivity contribution in [2.24, 2.45) is 0 Å². The van der Waals surface area contributed by atoms with Gasteiger partial charge in [0.15, 0.2) is 5.78 Å². The minimum atomic E-state index is -4.72. The number of allylic oxidation sites excluding steroid dienone is 2. The van der Waals surface area contributed by atoms with Crippen LogP contribution < -0.4 is 5.32 Å². The quantitative estimate of drug-likeness (QED) is 0.285. The van der Waals surface area contributed by atoms with Gasteiger partial charge in [-0.05, 0) is 31.0 Å². The first-order chi connectivity index (χ1) is 17.7. The standard InChI is InChI=1S/C29H24F3NO4/c1-3-36-28(35)37-27-18(2)33-25(19-12-6-4-7-13-19)24(26(34)20-14-8-5-9-15-20)23(27)21-16-10-11-17-22(21)29(30,31)32/h4-17,23,33H,3H2,1-2H3. The van der Waals surface area contributed by atoms with Gasteiger partial charge in [-0.2, -0.15) is 13.2 Å². The fraction of sp³-hybridized carbons (Fsp3) is 0.172. The molecule has 0 aromatic heterocycles. The number of dihydropyridines is 1. The summed E-state index contributed by atoms with van der Waals surface area (Å²) < 4.78 is 53.1. The van der Waals surface area contributed by atoms with Crippen molar-refractivity contribution in [3.05, 3.63) is 124 Å². The van der Waals surface area contributed by atoms with Crippen LogP contribution in [0.2, 0.25) is 0 Å². The third kappa shape index (κ3) is 5.43. The molecule has 0 saturated heterocycles. The van der Waals surface area contributed by atoms with E-state index in [0.29, 0.717) is 11.3 Å². The Morgan fingerprint density at radius 3 is 2.11 bits per heavy atom. The maximum Gasteiger partial charge on any atom is 0.513 e. The predicted octanol–water partition coefficient (Wildman–Crippen LogP) is 7.09. The average molecular weight is 508 g/mol. The molecule has 1 N–H and O–H groups in total.